The van der Waals surface area contributed by atoms with Crippen LogP contribution in [0.5, 0.6) is 0 Å². The van der Waals surface area contributed by atoms with E-state index in [1.807, 2.05) is 12.1 Å². The van der Waals surface area contributed by atoms with Crippen LogP contribution in [0, 0.1) is 20.8 Å². The SMILES string of the molecule is C=C/C=C1\C(=C/C)c2ccc(C)cc2C1(C)C.Cc1ccc(-c2ccc3c(c2)C(C)(C)c2c(-c4ccccc4)ccc(-c4ccccc4)c2-3)c2c1oc1ccccc12.Cc1ccc(C2=CCCC=C2)cc1. The topological polar surface area (TPSA) is 13.1 Å². The van der Waals surface area contributed by atoms with E-state index >= 15 is 0 Å². The number of hydrogen-bond acceptors (Lipinski definition) is 1. The van der Waals surface area contributed by atoms with E-state index in [-0.39, 0.29) is 10.8 Å². The Hall–Kier alpha value is -7.74. The number of furan rings is 1. The molecule has 350 valence electrons. The fourth-order valence-corrected chi connectivity index (χ4v) is 11.4. The molecular formula is C70H64O. The maximum absolute atomic E-state index is 6.36. The summed E-state index contributed by atoms with van der Waals surface area (Å²) < 4.78 is 6.36. The molecular weight excluding hydrogens is 857 g/mol. The van der Waals surface area contributed by atoms with Gasteiger partial charge in [-0.05, 0) is 147 Å². The van der Waals surface area contributed by atoms with Gasteiger partial charge in [0.2, 0.25) is 0 Å². The third-order valence-corrected chi connectivity index (χ3v) is 15.1. The number of allylic oxidation sites excluding steroid dienone is 9. The molecule has 1 aromatic heterocycles. The van der Waals surface area contributed by atoms with Gasteiger partial charge in [0.25, 0.3) is 0 Å². The first kappa shape index (κ1) is 47.0. The highest BCUT2D eigenvalue weighted by Crippen LogP contribution is 2.56. The number of aryl methyl sites for hydroxylation is 3. The highest BCUT2D eigenvalue weighted by molar-refractivity contribution is 6.13. The highest BCUT2D eigenvalue weighted by atomic mass is 16.3. The summed E-state index contributed by atoms with van der Waals surface area (Å²) in [5.41, 5.74) is 26.8. The molecule has 0 spiro atoms. The van der Waals surface area contributed by atoms with Crippen LogP contribution in [-0.4, -0.2) is 0 Å². The van der Waals surface area contributed by atoms with Crippen molar-refractivity contribution < 1.29 is 4.42 Å². The van der Waals surface area contributed by atoms with E-state index in [2.05, 4.69) is 256 Å². The van der Waals surface area contributed by atoms with Gasteiger partial charge >= 0.3 is 0 Å². The molecule has 0 N–H and O–H groups in total. The molecule has 0 atom stereocenters. The Bertz CT molecular complexity index is 3600. The van der Waals surface area contributed by atoms with Crippen LogP contribution in [-0.2, 0) is 10.8 Å². The van der Waals surface area contributed by atoms with Gasteiger partial charge in [-0.25, -0.2) is 0 Å². The van der Waals surface area contributed by atoms with Crippen molar-refractivity contribution in [3.8, 4) is 44.5 Å². The summed E-state index contributed by atoms with van der Waals surface area (Å²) in [5.74, 6) is 0. The second-order valence-electron chi connectivity index (χ2n) is 20.5. The maximum Gasteiger partial charge on any atom is 0.138 e. The average Bonchev–Trinajstić information content (AvgIpc) is 3.98. The molecule has 8 aromatic carbocycles. The molecule has 0 bridgehead atoms. The molecule has 0 saturated heterocycles. The van der Waals surface area contributed by atoms with Crippen LogP contribution in [0.1, 0.15) is 92.0 Å². The van der Waals surface area contributed by atoms with Crippen LogP contribution >= 0.6 is 0 Å². The second kappa shape index (κ2) is 19.2. The number of rotatable bonds is 5. The van der Waals surface area contributed by atoms with Crippen molar-refractivity contribution in [2.24, 2.45) is 0 Å². The zero-order valence-electron chi connectivity index (χ0n) is 42.7. The van der Waals surface area contributed by atoms with Gasteiger partial charge in [-0.15, -0.1) is 0 Å². The lowest BCUT2D eigenvalue weighted by atomic mass is 9.77. The fourth-order valence-electron chi connectivity index (χ4n) is 11.4. The molecule has 0 aliphatic heterocycles. The summed E-state index contributed by atoms with van der Waals surface area (Å²) in [4.78, 5) is 0. The van der Waals surface area contributed by atoms with E-state index in [0.29, 0.717) is 0 Å². The Kier molecular flexibility index (Phi) is 12.7. The molecule has 1 heterocycles. The first-order valence-corrected chi connectivity index (χ1v) is 25.3. The lowest BCUT2D eigenvalue weighted by Gasteiger charge is -2.25. The number of para-hydroxylation sites is 1. The number of benzene rings is 8. The summed E-state index contributed by atoms with van der Waals surface area (Å²) in [6, 6.07) is 61.7. The average molecular weight is 921 g/mol. The van der Waals surface area contributed by atoms with E-state index in [9.17, 15) is 0 Å². The standard InChI is InChI=1S/C40H30O.C17H20.C13H14/c1-25-18-20-30(37-33-16-10-11-17-35(33)41-39(25)37)28-19-21-32-34(24-28)40(2,3)38-31(27-14-8-5-9-15-27)23-22-29(36(32)38)26-12-6-4-7-13-26;1-6-8-15-13(7-2)14-10-9-12(3)11-16(14)17(15,4)5;1-11-7-9-13(10-8-11)12-5-3-2-4-6-12/h4-24H,1-3H3;6-11H,1H2,2-5H3;3,5-10H,2,4H2,1H3/b;13-7-,15-8+;. The van der Waals surface area contributed by atoms with E-state index < -0.39 is 0 Å². The van der Waals surface area contributed by atoms with Crippen LogP contribution in [0.2, 0.25) is 0 Å². The molecule has 71 heavy (non-hydrogen) atoms. The predicted octanol–water partition coefficient (Wildman–Crippen LogP) is 19.7. The normalized spacial score (nSPS) is 15.9. The van der Waals surface area contributed by atoms with Gasteiger partial charge in [0.05, 0.1) is 0 Å². The van der Waals surface area contributed by atoms with Gasteiger partial charge < -0.3 is 4.42 Å². The van der Waals surface area contributed by atoms with Gasteiger partial charge in [0, 0.05) is 21.6 Å². The summed E-state index contributed by atoms with van der Waals surface area (Å²) in [6.45, 7) is 21.7. The van der Waals surface area contributed by atoms with Crippen LogP contribution in [0.25, 0.3) is 77.6 Å². The van der Waals surface area contributed by atoms with E-state index in [0.717, 1.165) is 16.7 Å². The van der Waals surface area contributed by atoms with E-state index in [1.165, 1.54) is 124 Å². The number of fused-ring (bicyclic) bond motifs is 7. The Morgan fingerprint density at radius 3 is 1.83 bits per heavy atom. The Labute approximate surface area is 422 Å². The summed E-state index contributed by atoms with van der Waals surface area (Å²) >= 11 is 0. The zero-order chi connectivity index (χ0) is 49.4. The molecule has 12 rings (SSSR count). The van der Waals surface area contributed by atoms with Gasteiger partial charge in [-0.1, -0.05) is 240 Å². The first-order chi connectivity index (χ1) is 34.4. The Balaban J connectivity index is 0.000000158. The fraction of sp³-hybridized carbons (Fsp3) is 0.171. The van der Waals surface area contributed by atoms with Crippen LogP contribution in [0.3, 0.4) is 0 Å². The quantitative estimate of drug-likeness (QED) is 0.168. The van der Waals surface area contributed by atoms with E-state index in [4.69, 9.17) is 4.42 Å². The van der Waals surface area contributed by atoms with Crippen molar-refractivity contribution in [3.63, 3.8) is 0 Å². The van der Waals surface area contributed by atoms with Gasteiger partial charge in [0.1, 0.15) is 11.2 Å². The van der Waals surface area contributed by atoms with Crippen molar-refractivity contribution >= 4 is 33.1 Å². The third kappa shape index (κ3) is 8.59. The molecule has 0 saturated carbocycles. The molecule has 0 unspecified atom stereocenters. The minimum Gasteiger partial charge on any atom is -0.456 e. The molecule has 0 radical (unpaired) electrons. The van der Waals surface area contributed by atoms with Crippen molar-refractivity contribution in [2.75, 3.05) is 0 Å². The van der Waals surface area contributed by atoms with E-state index in [1.54, 1.807) is 0 Å². The summed E-state index contributed by atoms with van der Waals surface area (Å²) in [6.07, 6.45) is 15.4. The second-order valence-corrected chi connectivity index (χ2v) is 20.5. The summed E-state index contributed by atoms with van der Waals surface area (Å²) in [5, 5.41) is 2.37. The first-order valence-electron chi connectivity index (χ1n) is 25.3. The van der Waals surface area contributed by atoms with Crippen molar-refractivity contribution in [1.82, 2.24) is 0 Å². The lowest BCUT2D eigenvalue weighted by molar-refractivity contribution is 0.660. The van der Waals surface area contributed by atoms with Crippen LogP contribution in [0.15, 0.2) is 223 Å². The highest BCUT2D eigenvalue weighted by Gasteiger charge is 2.40. The number of hydrogen-bond donors (Lipinski definition) is 0. The van der Waals surface area contributed by atoms with Gasteiger partial charge in [-0.2, -0.15) is 0 Å². The Morgan fingerprint density at radius 2 is 1.14 bits per heavy atom. The molecule has 3 aliphatic rings. The molecule has 1 nitrogen and oxygen atoms in total. The minimum atomic E-state index is -0.182. The summed E-state index contributed by atoms with van der Waals surface area (Å²) in [7, 11) is 0. The van der Waals surface area contributed by atoms with Gasteiger partial charge in [-0.3, -0.25) is 0 Å². The van der Waals surface area contributed by atoms with Crippen molar-refractivity contribution in [2.45, 2.75) is 79.1 Å². The smallest absolute Gasteiger partial charge is 0.138 e. The molecule has 1 heteroatoms. The third-order valence-electron chi connectivity index (χ3n) is 15.1. The van der Waals surface area contributed by atoms with Gasteiger partial charge in [0.15, 0.2) is 0 Å². The zero-order valence-corrected chi connectivity index (χ0v) is 42.7. The van der Waals surface area contributed by atoms with Crippen molar-refractivity contribution in [3.05, 3.63) is 263 Å². The van der Waals surface area contributed by atoms with Crippen LogP contribution < -0.4 is 0 Å². The van der Waals surface area contributed by atoms with Crippen LogP contribution in [0.4, 0.5) is 0 Å². The molecule has 3 aliphatic carbocycles. The molecule has 0 fully saturated rings. The monoisotopic (exact) mass is 920 g/mol. The molecule has 9 aromatic rings. The molecule has 0 amide bonds. The maximum atomic E-state index is 6.36. The Morgan fingerprint density at radius 1 is 0.535 bits per heavy atom. The van der Waals surface area contributed by atoms with Crippen molar-refractivity contribution in [1.29, 1.82) is 0 Å². The minimum absolute atomic E-state index is 0.0807. The predicted molar refractivity (Wildman–Crippen MR) is 306 cm³/mol. The lowest BCUT2D eigenvalue weighted by Crippen LogP contribution is -2.16. The largest absolute Gasteiger partial charge is 0.456 e.